The van der Waals surface area contributed by atoms with E-state index in [1.54, 1.807) is 40.2 Å². The fourth-order valence-corrected chi connectivity index (χ4v) is 5.46. The summed E-state index contributed by atoms with van der Waals surface area (Å²) in [6.45, 7) is 10.5. The zero-order valence-corrected chi connectivity index (χ0v) is 24.4. The molecule has 8 nitrogen and oxygen atoms in total. The van der Waals surface area contributed by atoms with E-state index >= 15 is 0 Å². The van der Waals surface area contributed by atoms with Gasteiger partial charge in [0.25, 0.3) is 5.91 Å². The van der Waals surface area contributed by atoms with Gasteiger partial charge in [0.1, 0.15) is 18.1 Å². The van der Waals surface area contributed by atoms with Gasteiger partial charge in [-0.15, -0.1) is 0 Å². The Morgan fingerprint density at radius 3 is 2.63 bits per heavy atom. The predicted molar refractivity (Wildman–Crippen MR) is 154 cm³/mol. The highest BCUT2D eigenvalue weighted by Crippen LogP contribution is 2.35. The molecule has 0 aliphatic carbocycles. The van der Waals surface area contributed by atoms with Crippen molar-refractivity contribution in [2.45, 2.75) is 45.4 Å². The third-order valence-corrected chi connectivity index (χ3v) is 8.94. The largest absolute Gasteiger partial charge is 0.361 e. The van der Waals surface area contributed by atoms with Crippen molar-refractivity contribution in [2.24, 2.45) is 0 Å². The minimum absolute atomic E-state index is 0.0480. The van der Waals surface area contributed by atoms with E-state index in [1.807, 2.05) is 35.9 Å². The summed E-state index contributed by atoms with van der Waals surface area (Å²) in [7, 11) is -1.21. The number of hydrogen-bond acceptors (Lipinski definition) is 5. The Morgan fingerprint density at radius 1 is 1.11 bits per heavy atom. The van der Waals surface area contributed by atoms with Crippen molar-refractivity contribution in [3.63, 3.8) is 0 Å². The molecule has 1 amide bonds. The first kappa shape index (κ1) is 26.6. The van der Waals surface area contributed by atoms with Crippen molar-refractivity contribution in [1.29, 1.82) is 0 Å². The summed E-state index contributed by atoms with van der Waals surface area (Å²) in [6, 6.07) is 11.9. The molecule has 1 aliphatic rings. The number of pyridine rings is 1. The van der Waals surface area contributed by atoms with Crippen LogP contribution in [-0.4, -0.2) is 51.4 Å². The first-order valence-corrected chi connectivity index (χ1v) is 17.0. The van der Waals surface area contributed by atoms with Gasteiger partial charge in [-0.25, -0.2) is 4.98 Å². The Kier molecular flexibility index (Phi) is 7.46. The molecule has 0 unspecified atom stereocenters. The van der Waals surface area contributed by atoms with Crippen LogP contribution >= 0.6 is 23.2 Å². The molecule has 38 heavy (non-hydrogen) atoms. The number of benzene rings is 1. The zero-order chi connectivity index (χ0) is 27.0. The van der Waals surface area contributed by atoms with Crippen molar-refractivity contribution in [2.75, 3.05) is 18.1 Å². The molecule has 0 saturated heterocycles. The van der Waals surface area contributed by atoms with Gasteiger partial charge in [0, 0.05) is 39.3 Å². The number of nitrogens with zero attached hydrogens (tertiary/aromatic N) is 6. The van der Waals surface area contributed by atoms with Crippen LogP contribution in [0.25, 0.3) is 22.8 Å². The van der Waals surface area contributed by atoms with Crippen LogP contribution in [0.3, 0.4) is 0 Å². The zero-order valence-electron chi connectivity index (χ0n) is 21.9. The quantitative estimate of drug-likeness (QED) is 0.175. The summed E-state index contributed by atoms with van der Waals surface area (Å²) in [5.74, 6) is 0.500. The first-order chi connectivity index (χ1) is 18.1. The molecular formula is C27H30Cl2N6O2Si. The number of carbonyl (C=O) groups excluding carboxylic acids is 1. The van der Waals surface area contributed by atoms with E-state index in [-0.39, 0.29) is 11.9 Å². The number of carbonyl (C=O) groups is 1. The maximum absolute atomic E-state index is 13.8. The summed E-state index contributed by atoms with van der Waals surface area (Å²) < 4.78 is 9.76. The first-order valence-electron chi connectivity index (χ1n) is 12.5. The fourth-order valence-electron chi connectivity index (χ4n) is 4.41. The van der Waals surface area contributed by atoms with E-state index < -0.39 is 8.07 Å². The number of fused-ring (bicyclic) bond motifs is 1. The van der Waals surface area contributed by atoms with Crippen molar-refractivity contribution in [3.05, 3.63) is 70.7 Å². The molecule has 5 rings (SSSR count). The maximum Gasteiger partial charge on any atom is 0.277 e. The molecule has 0 saturated carbocycles. The third-order valence-electron chi connectivity index (χ3n) is 6.50. The molecule has 4 aromatic rings. The molecule has 3 aromatic heterocycles. The lowest BCUT2D eigenvalue weighted by atomic mass is 10.1. The molecule has 1 atom stereocenters. The summed E-state index contributed by atoms with van der Waals surface area (Å²) >= 11 is 12.4. The van der Waals surface area contributed by atoms with E-state index in [2.05, 4.69) is 29.7 Å². The molecule has 1 aromatic carbocycles. The van der Waals surface area contributed by atoms with Gasteiger partial charge in [-0.2, -0.15) is 5.10 Å². The topological polar surface area (TPSA) is 78.1 Å². The predicted octanol–water partition coefficient (Wildman–Crippen LogP) is 6.65. The second kappa shape index (κ2) is 10.6. The van der Waals surface area contributed by atoms with E-state index in [0.717, 1.165) is 11.7 Å². The molecule has 0 N–H and O–H groups in total. The third kappa shape index (κ3) is 5.42. The van der Waals surface area contributed by atoms with E-state index in [4.69, 9.17) is 32.9 Å². The molecule has 0 radical (unpaired) electrons. The fraction of sp³-hybridized carbons (Fsp3) is 0.333. The Labute approximate surface area is 233 Å². The molecule has 0 spiro atoms. The van der Waals surface area contributed by atoms with Crippen LogP contribution in [-0.2, 0) is 11.5 Å². The summed E-state index contributed by atoms with van der Waals surface area (Å²) in [5.41, 5.74) is 3.18. The smallest absolute Gasteiger partial charge is 0.277 e. The highest BCUT2D eigenvalue weighted by molar-refractivity contribution is 6.76. The van der Waals surface area contributed by atoms with Gasteiger partial charge < -0.3 is 14.2 Å². The summed E-state index contributed by atoms with van der Waals surface area (Å²) in [6.07, 6.45) is 5.36. The lowest BCUT2D eigenvalue weighted by Gasteiger charge is -2.32. The molecule has 0 bridgehead atoms. The van der Waals surface area contributed by atoms with E-state index in [9.17, 15) is 4.79 Å². The van der Waals surface area contributed by atoms with Gasteiger partial charge in [0.05, 0.1) is 33.5 Å². The molecule has 4 heterocycles. The molecule has 0 fully saturated rings. The second-order valence-electron chi connectivity index (χ2n) is 10.7. The number of ether oxygens (including phenoxy) is 1. The van der Waals surface area contributed by atoms with Gasteiger partial charge in [-0.05, 0) is 43.3 Å². The van der Waals surface area contributed by atoms with Crippen LogP contribution in [0.2, 0.25) is 35.7 Å². The van der Waals surface area contributed by atoms with Crippen LogP contribution < -0.4 is 4.90 Å². The Hall–Kier alpha value is -2.98. The highest BCUT2D eigenvalue weighted by Gasteiger charge is 2.34. The number of aromatic nitrogens is 5. The van der Waals surface area contributed by atoms with E-state index in [0.29, 0.717) is 58.4 Å². The number of anilines is 1. The average Bonchev–Trinajstić information content (AvgIpc) is 3.51. The SMILES string of the molecule is C[C@H]1CN(c2ccc(Cl)c(Cl)c2)C(=O)c2c(-c3cn(COCC[Si](C)(C)C)c(-c4ccccn4)n3)cnn21. The van der Waals surface area contributed by atoms with Gasteiger partial charge in [0.15, 0.2) is 5.82 Å². The number of halogens is 2. The van der Waals surface area contributed by atoms with Crippen molar-refractivity contribution in [1.82, 2.24) is 24.3 Å². The Balaban J connectivity index is 1.51. The molecular weight excluding hydrogens is 539 g/mol. The lowest BCUT2D eigenvalue weighted by molar-refractivity contribution is 0.0882. The van der Waals surface area contributed by atoms with Crippen LogP contribution in [0.1, 0.15) is 23.5 Å². The van der Waals surface area contributed by atoms with E-state index in [1.165, 1.54) is 0 Å². The number of rotatable bonds is 8. The van der Waals surface area contributed by atoms with Crippen LogP contribution in [0, 0.1) is 0 Å². The van der Waals surface area contributed by atoms with Crippen LogP contribution in [0.4, 0.5) is 5.69 Å². The van der Waals surface area contributed by atoms with Gasteiger partial charge in [0.2, 0.25) is 0 Å². The van der Waals surface area contributed by atoms with Gasteiger partial charge in [-0.1, -0.05) is 48.9 Å². The van der Waals surface area contributed by atoms with Crippen LogP contribution in [0.15, 0.2) is 55.0 Å². The molecule has 11 heteroatoms. The second-order valence-corrected chi connectivity index (χ2v) is 17.1. The number of imidazole rings is 1. The summed E-state index contributed by atoms with van der Waals surface area (Å²) in [4.78, 5) is 24.9. The summed E-state index contributed by atoms with van der Waals surface area (Å²) in [5, 5.41) is 5.41. The highest BCUT2D eigenvalue weighted by atomic mass is 35.5. The van der Waals surface area contributed by atoms with Crippen molar-refractivity contribution < 1.29 is 9.53 Å². The number of hydrogen-bond donors (Lipinski definition) is 0. The Bertz CT molecular complexity index is 1460. The maximum atomic E-state index is 13.8. The minimum Gasteiger partial charge on any atom is -0.361 e. The average molecular weight is 570 g/mol. The molecule has 1 aliphatic heterocycles. The molecule has 198 valence electrons. The lowest BCUT2D eigenvalue weighted by Crippen LogP contribution is -2.42. The standard InChI is InChI=1S/C27H30Cl2N6O2Si/c1-18-15-34(19-8-9-21(28)22(29)13-19)27(36)25-20(14-31-35(18)25)24-16-33(17-37-11-12-38(2,3)4)26(32-24)23-7-5-6-10-30-23/h5-10,13-14,16,18H,11-12,15,17H2,1-4H3/t18-/m0/s1. The normalized spacial score (nSPS) is 15.7. The number of amides is 1. The minimum atomic E-state index is -1.21. The Morgan fingerprint density at radius 2 is 1.92 bits per heavy atom. The van der Waals surface area contributed by atoms with Crippen molar-refractivity contribution >= 4 is 42.9 Å². The van der Waals surface area contributed by atoms with Gasteiger partial charge >= 0.3 is 0 Å². The van der Waals surface area contributed by atoms with Crippen LogP contribution in [0.5, 0.6) is 0 Å². The monoisotopic (exact) mass is 568 g/mol. The van der Waals surface area contributed by atoms with Crippen molar-refractivity contribution in [3.8, 4) is 22.8 Å². The van der Waals surface area contributed by atoms with Gasteiger partial charge in [-0.3, -0.25) is 14.5 Å².